The molecule has 4 nitrogen and oxygen atoms in total. The summed E-state index contributed by atoms with van der Waals surface area (Å²) in [5.41, 5.74) is 1.77. The molecule has 5 heteroatoms. The molecule has 0 fully saturated rings. The largest absolute Gasteiger partial charge is 0.508 e. The molecule has 0 unspecified atom stereocenters. The lowest BCUT2D eigenvalue weighted by atomic mass is 9.62. The Balaban J connectivity index is 2.28. The lowest BCUT2D eigenvalue weighted by molar-refractivity contribution is -0.150. The summed E-state index contributed by atoms with van der Waals surface area (Å²) in [7, 11) is 0. The number of benzene rings is 1. The highest BCUT2D eigenvalue weighted by atomic mass is 35.5. The Hall–Kier alpha value is -1.55. The molecule has 0 saturated carbocycles. The Morgan fingerprint density at radius 2 is 2.04 bits per heavy atom. The second kappa shape index (κ2) is 6.56. The van der Waals surface area contributed by atoms with Crippen LogP contribution in [0.4, 0.5) is 0 Å². The van der Waals surface area contributed by atoms with Gasteiger partial charge in [0.1, 0.15) is 5.75 Å². The van der Waals surface area contributed by atoms with Gasteiger partial charge in [-0.2, -0.15) is 0 Å². The predicted molar refractivity (Wildman–Crippen MR) is 101 cm³/mol. The number of Topliss-reactive ketones (excluding diaryl/α,β-unsaturated/α-hetero) is 1. The smallest absolute Gasteiger partial charge is 0.316 e. The van der Waals surface area contributed by atoms with Crippen LogP contribution >= 0.6 is 11.6 Å². The summed E-state index contributed by atoms with van der Waals surface area (Å²) in [6, 6.07) is 1.68. The molecule has 0 bridgehead atoms. The standard InChI is InChI=1S/C21H27ClO4/c1-5-26-19(25)21(4)7-6-12(11-22)17-16-13(8-14(23)18(17)21)9-20(2,3)10-15(16)24/h8,12,23H,5-7,9-11H2,1-4H3/t12-,21-/m0/s1. The SMILES string of the molecule is CCOC(=O)[C@@]1(C)CC[C@@H](CCl)c2c3c(cc(O)c21)CC(C)(C)CC3=O. The van der Waals surface area contributed by atoms with Crippen molar-refractivity contribution in [1.82, 2.24) is 0 Å². The van der Waals surface area contributed by atoms with Gasteiger partial charge in [-0.05, 0) is 61.6 Å². The third kappa shape index (κ3) is 2.92. The maximum Gasteiger partial charge on any atom is 0.316 e. The molecule has 1 N–H and O–H groups in total. The number of ether oxygens (including phenoxy) is 1. The molecule has 0 amide bonds. The summed E-state index contributed by atoms with van der Waals surface area (Å²) in [6.07, 6.45) is 2.42. The third-order valence-corrected chi connectivity index (χ3v) is 6.25. The fourth-order valence-corrected chi connectivity index (χ4v) is 4.99. The van der Waals surface area contributed by atoms with Crippen molar-refractivity contribution < 1.29 is 19.4 Å². The summed E-state index contributed by atoms with van der Waals surface area (Å²) in [5.74, 6) is 0.122. The first-order valence-corrected chi connectivity index (χ1v) is 9.83. The Kier molecular flexibility index (Phi) is 4.85. The molecule has 142 valence electrons. The number of hydrogen-bond acceptors (Lipinski definition) is 4. The van der Waals surface area contributed by atoms with E-state index in [-0.39, 0.29) is 35.4 Å². The fourth-order valence-electron chi connectivity index (χ4n) is 4.68. The molecule has 0 spiro atoms. The minimum atomic E-state index is -0.958. The van der Waals surface area contributed by atoms with Crippen LogP contribution in [0.5, 0.6) is 5.75 Å². The van der Waals surface area contributed by atoms with Gasteiger partial charge in [-0.15, -0.1) is 11.6 Å². The van der Waals surface area contributed by atoms with E-state index >= 15 is 0 Å². The van der Waals surface area contributed by atoms with E-state index in [4.69, 9.17) is 16.3 Å². The Morgan fingerprint density at radius 1 is 1.35 bits per heavy atom. The van der Waals surface area contributed by atoms with Gasteiger partial charge < -0.3 is 9.84 Å². The predicted octanol–water partition coefficient (Wildman–Crippen LogP) is 4.48. The van der Waals surface area contributed by atoms with Crippen LogP contribution in [0.15, 0.2) is 6.07 Å². The van der Waals surface area contributed by atoms with E-state index in [0.29, 0.717) is 36.3 Å². The molecule has 2 atom stereocenters. The first-order valence-electron chi connectivity index (χ1n) is 9.30. The van der Waals surface area contributed by atoms with Crippen molar-refractivity contribution >= 4 is 23.4 Å². The number of carbonyl (C=O) groups excluding carboxylic acids is 2. The summed E-state index contributed by atoms with van der Waals surface area (Å²) < 4.78 is 5.30. The normalized spacial score (nSPS) is 26.8. The molecule has 0 aliphatic heterocycles. The van der Waals surface area contributed by atoms with E-state index in [1.54, 1.807) is 19.9 Å². The van der Waals surface area contributed by atoms with Crippen molar-refractivity contribution in [1.29, 1.82) is 0 Å². The first kappa shape index (κ1) is 19.2. The minimum Gasteiger partial charge on any atom is -0.508 e. The van der Waals surface area contributed by atoms with Crippen molar-refractivity contribution in [2.75, 3.05) is 12.5 Å². The van der Waals surface area contributed by atoms with Gasteiger partial charge in [0.15, 0.2) is 5.78 Å². The number of phenols is 1. The Morgan fingerprint density at radius 3 is 2.65 bits per heavy atom. The number of aromatic hydroxyl groups is 1. The number of halogens is 1. The van der Waals surface area contributed by atoms with E-state index in [2.05, 4.69) is 13.8 Å². The minimum absolute atomic E-state index is 0.0415. The highest BCUT2D eigenvalue weighted by Gasteiger charge is 2.48. The molecule has 3 rings (SSSR count). The van der Waals surface area contributed by atoms with Crippen LogP contribution in [0.25, 0.3) is 0 Å². The molecule has 26 heavy (non-hydrogen) atoms. The molecule has 1 aromatic rings. The molecule has 2 aliphatic rings. The number of alkyl halides is 1. The molecule has 2 aliphatic carbocycles. The van der Waals surface area contributed by atoms with Crippen LogP contribution in [0.1, 0.15) is 79.9 Å². The van der Waals surface area contributed by atoms with Crippen LogP contribution in [0.2, 0.25) is 0 Å². The number of ketones is 1. The summed E-state index contributed by atoms with van der Waals surface area (Å²) in [5, 5.41) is 10.9. The summed E-state index contributed by atoms with van der Waals surface area (Å²) in [6.45, 7) is 7.97. The molecule has 1 aromatic carbocycles. The van der Waals surface area contributed by atoms with Crippen LogP contribution in [-0.2, 0) is 21.4 Å². The molecular formula is C21H27ClO4. The highest BCUT2D eigenvalue weighted by Crippen LogP contribution is 2.52. The highest BCUT2D eigenvalue weighted by molar-refractivity contribution is 6.18. The Labute approximate surface area is 159 Å². The van der Waals surface area contributed by atoms with Crippen LogP contribution in [-0.4, -0.2) is 29.3 Å². The number of rotatable bonds is 3. The van der Waals surface area contributed by atoms with E-state index in [1.165, 1.54) is 0 Å². The van der Waals surface area contributed by atoms with E-state index in [1.807, 2.05) is 0 Å². The number of carbonyl (C=O) groups is 2. The topological polar surface area (TPSA) is 63.6 Å². The van der Waals surface area contributed by atoms with Crippen LogP contribution in [0, 0.1) is 5.41 Å². The van der Waals surface area contributed by atoms with Gasteiger partial charge in [-0.3, -0.25) is 9.59 Å². The lowest BCUT2D eigenvalue weighted by Gasteiger charge is -2.41. The van der Waals surface area contributed by atoms with E-state index in [0.717, 1.165) is 17.5 Å². The monoisotopic (exact) mass is 378 g/mol. The summed E-state index contributed by atoms with van der Waals surface area (Å²) >= 11 is 6.23. The van der Waals surface area contributed by atoms with Crippen LogP contribution in [0.3, 0.4) is 0 Å². The lowest BCUT2D eigenvalue weighted by Crippen LogP contribution is -2.41. The van der Waals surface area contributed by atoms with E-state index < -0.39 is 5.41 Å². The molecule has 0 saturated heterocycles. The maximum atomic E-state index is 13.0. The van der Waals surface area contributed by atoms with Gasteiger partial charge in [-0.25, -0.2) is 0 Å². The maximum absolute atomic E-state index is 13.0. The molecule has 0 heterocycles. The van der Waals surface area contributed by atoms with Crippen molar-refractivity contribution in [3.63, 3.8) is 0 Å². The van der Waals surface area contributed by atoms with Crippen molar-refractivity contribution in [3.8, 4) is 5.75 Å². The average Bonchev–Trinajstić information content (AvgIpc) is 2.53. The van der Waals surface area contributed by atoms with Crippen molar-refractivity contribution in [3.05, 3.63) is 28.3 Å². The number of phenolic OH excluding ortho intramolecular Hbond substituents is 1. The second-order valence-corrected chi connectivity index (χ2v) is 8.91. The van der Waals surface area contributed by atoms with Gasteiger partial charge in [0, 0.05) is 23.4 Å². The van der Waals surface area contributed by atoms with Gasteiger partial charge in [-0.1, -0.05) is 13.8 Å². The number of fused-ring (bicyclic) bond motifs is 3. The zero-order valence-electron chi connectivity index (χ0n) is 15.9. The Bertz CT molecular complexity index is 768. The number of esters is 1. The zero-order chi connectivity index (χ0) is 19.3. The van der Waals surface area contributed by atoms with Crippen molar-refractivity contribution in [2.24, 2.45) is 5.41 Å². The summed E-state index contributed by atoms with van der Waals surface area (Å²) in [4.78, 5) is 25.7. The molecule has 0 aromatic heterocycles. The van der Waals surface area contributed by atoms with Gasteiger partial charge >= 0.3 is 5.97 Å². The molecule has 0 radical (unpaired) electrons. The van der Waals surface area contributed by atoms with Gasteiger partial charge in [0.2, 0.25) is 0 Å². The third-order valence-electron chi connectivity index (χ3n) is 5.88. The first-order chi connectivity index (χ1) is 12.1. The second-order valence-electron chi connectivity index (χ2n) is 8.60. The van der Waals surface area contributed by atoms with E-state index in [9.17, 15) is 14.7 Å². The quantitative estimate of drug-likeness (QED) is 0.622. The number of hydrogen-bond donors (Lipinski definition) is 1. The zero-order valence-corrected chi connectivity index (χ0v) is 16.7. The van der Waals surface area contributed by atoms with Crippen molar-refractivity contribution in [2.45, 2.75) is 64.7 Å². The average molecular weight is 379 g/mol. The fraction of sp³-hybridized carbons (Fsp3) is 0.619. The van der Waals surface area contributed by atoms with Crippen LogP contribution < -0.4 is 0 Å². The van der Waals surface area contributed by atoms with Gasteiger partial charge in [0.05, 0.1) is 12.0 Å². The van der Waals surface area contributed by atoms with Gasteiger partial charge in [0.25, 0.3) is 0 Å². The molecular weight excluding hydrogens is 352 g/mol.